The SMILES string of the molecule is Fc1cnc(Br)cc1Cl. The predicted molar refractivity (Wildman–Crippen MR) is 36.9 cm³/mol. The lowest BCUT2D eigenvalue weighted by molar-refractivity contribution is 0.621. The van der Waals surface area contributed by atoms with Crippen molar-refractivity contribution < 1.29 is 4.39 Å². The summed E-state index contributed by atoms with van der Waals surface area (Å²) in [7, 11) is 0. The molecule has 0 radical (unpaired) electrons. The molecule has 1 aromatic heterocycles. The molecular formula is C5H2BrClFN. The van der Waals surface area contributed by atoms with E-state index in [1.165, 1.54) is 6.07 Å². The molecule has 1 nitrogen and oxygen atoms in total. The van der Waals surface area contributed by atoms with Gasteiger partial charge in [-0.1, -0.05) is 11.6 Å². The Hall–Kier alpha value is -0.150. The van der Waals surface area contributed by atoms with Gasteiger partial charge in [-0.25, -0.2) is 9.37 Å². The number of rotatable bonds is 0. The van der Waals surface area contributed by atoms with Gasteiger partial charge < -0.3 is 0 Å². The van der Waals surface area contributed by atoms with Crippen molar-refractivity contribution in [2.45, 2.75) is 0 Å². The Kier molecular flexibility index (Phi) is 2.03. The summed E-state index contributed by atoms with van der Waals surface area (Å²) in [5.41, 5.74) is 0. The lowest BCUT2D eigenvalue weighted by Crippen LogP contribution is -1.79. The van der Waals surface area contributed by atoms with Gasteiger partial charge in [0.25, 0.3) is 0 Å². The van der Waals surface area contributed by atoms with E-state index in [9.17, 15) is 4.39 Å². The molecule has 0 saturated heterocycles. The Balaban J connectivity index is 3.17. The maximum Gasteiger partial charge on any atom is 0.160 e. The van der Waals surface area contributed by atoms with Gasteiger partial charge in [-0.2, -0.15) is 0 Å². The highest BCUT2D eigenvalue weighted by molar-refractivity contribution is 9.10. The zero-order valence-electron chi connectivity index (χ0n) is 4.24. The second-order valence-corrected chi connectivity index (χ2v) is 2.64. The van der Waals surface area contributed by atoms with E-state index in [1.54, 1.807) is 0 Å². The van der Waals surface area contributed by atoms with Crippen LogP contribution in [0.3, 0.4) is 0 Å². The zero-order chi connectivity index (χ0) is 6.85. The van der Waals surface area contributed by atoms with Crippen LogP contribution in [0.5, 0.6) is 0 Å². The van der Waals surface area contributed by atoms with Crippen LogP contribution in [-0.4, -0.2) is 4.98 Å². The molecule has 0 bridgehead atoms. The molecule has 0 aromatic carbocycles. The first-order valence-corrected chi connectivity index (χ1v) is 3.34. The summed E-state index contributed by atoms with van der Waals surface area (Å²) in [6.07, 6.45) is 1.06. The highest BCUT2D eigenvalue weighted by Gasteiger charge is 1.97. The van der Waals surface area contributed by atoms with Gasteiger partial charge in [0.05, 0.1) is 11.2 Å². The molecule has 0 amide bonds. The molecule has 0 aliphatic heterocycles. The Labute approximate surface area is 65.0 Å². The summed E-state index contributed by atoms with van der Waals surface area (Å²) in [6, 6.07) is 1.40. The van der Waals surface area contributed by atoms with Crippen molar-refractivity contribution in [2.75, 3.05) is 0 Å². The van der Waals surface area contributed by atoms with E-state index >= 15 is 0 Å². The van der Waals surface area contributed by atoms with E-state index in [-0.39, 0.29) is 5.02 Å². The maximum atomic E-state index is 12.3. The molecule has 0 spiro atoms. The van der Waals surface area contributed by atoms with Gasteiger partial charge in [0, 0.05) is 0 Å². The van der Waals surface area contributed by atoms with Crippen LogP contribution in [0.25, 0.3) is 0 Å². The van der Waals surface area contributed by atoms with Crippen LogP contribution in [0.2, 0.25) is 5.02 Å². The van der Waals surface area contributed by atoms with E-state index in [0.29, 0.717) is 4.60 Å². The van der Waals surface area contributed by atoms with Crippen LogP contribution in [0.15, 0.2) is 16.9 Å². The molecule has 0 atom stereocenters. The number of halogens is 3. The lowest BCUT2D eigenvalue weighted by atomic mass is 10.5. The van der Waals surface area contributed by atoms with E-state index in [2.05, 4.69) is 20.9 Å². The number of aromatic nitrogens is 1. The summed E-state index contributed by atoms with van der Waals surface area (Å²) in [4.78, 5) is 3.60. The summed E-state index contributed by atoms with van der Waals surface area (Å²) >= 11 is 8.40. The fourth-order valence-electron chi connectivity index (χ4n) is 0.391. The Morgan fingerprint density at radius 2 is 2.33 bits per heavy atom. The van der Waals surface area contributed by atoms with Gasteiger partial charge in [-0.3, -0.25) is 0 Å². The fraction of sp³-hybridized carbons (Fsp3) is 0. The molecule has 1 heterocycles. The number of nitrogens with zero attached hydrogens (tertiary/aromatic N) is 1. The minimum Gasteiger partial charge on any atom is -0.246 e. The van der Waals surface area contributed by atoms with Gasteiger partial charge in [0.1, 0.15) is 4.60 Å². The van der Waals surface area contributed by atoms with Crippen molar-refractivity contribution in [3.05, 3.63) is 27.7 Å². The lowest BCUT2D eigenvalue weighted by Gasteiger charge is -1.90. The molecule has 48 valence electrons. The number of hydrogen-bond acceptors (Lipinski definition) is 1. The summed E-state index contributed by atoms with van der Waals surface area (Å²) in [6.45, 7) is 0. The van der Waals surface area contributed by atoms with Crippen molar-refractivity contribution in [2.24, 2.45) is 0 Å². The number of pyridine rings is 1. The minimum absolute atomic E-state index is 0.0804. The monoisotopic (exact) mass is 209 g/mol. The van der Waals surface area contributed by atoms with Crippen molar-refractivity contribution in [3.63, 3.8) is 0 Å². The molecule has 0 N–H and O–H groups in total. The van der Waals surface area contributed by atoms with Gasteiger partial charge in [-0.05, 0) is 22.0 Å². The average Bonchev–Trinajstić information content (AvgIpc) is 1.80. The second-order valence-electron chi connectivity index (χ2n) is 1.42. The van der Waals surface area contributed by atoms with Crippen LogP contribution in [0.4, 0.5) is 4.39 Å². The van der Waals surface area contributed by atoms with Gasteiger partial charge in [0.2, 0.25) is 0 Å². The third kappa shape index (κ3) is 1.63. The Morgan fingerprint density at radius 3 is 2.78 bits per heavy atom. The van der Waals surface area contributed by atoms with Crippen molar-refractivity contribution in [1.29, 1.82) is 0 Å². The summed E-state index contributed by atoms with van der Waals surface area (Å²) in [5.74, 6) is -0.500. The van der Waals surface area contributed by atoms with E-state index in [1.807, 2.05) is 0 Å². The highest BCUT2D eigenvalue weighted by atomic mass is 79.9. The largest absolute Gasteiger partial charge is 0.246 e. The van der Waals surface area contributed by atoms with Gasteiger partial charge in [0.15, 0.2) is 5.82 Å². The molecule has 1 aromatic rings. The third-order valence-corrected chi connectivity index (χ3v) is 1.50. The average molecular weight is 210 g/mol. The zero-order valence-corrected chi connectivity index (χ0v) is 6.58. The molecule has 0 aliphatic carbocycles. The Morgan fingerprint density at radius 1 is 1.67 bits per heavy atom. The third-order valence-electron chi connectivity index (χ3n) is 0.775. The quantitative estimate of drug-likeness (QED) is 0.600. The molecule has 0 fully saturated rings. The van der Waals surface area contributed by atoms with E-state index < -0.39 is 5.82 Å². The van der Waals surface area contributed by atoms with Gasteiger partial charge in [-0.15, -0.1) is 0 Å². The molecule has 1 rings (SSSR count). The first-order valence-electron chi connectivity index (χ1n) is 2.16. The maximum absolute atomic E-state index is 12.3. The fourth-order valence-corrected chi connectivity index (χ4v) is 1.01. The van der Waals surface area contributed by atoms with E-state index in [0.717, 1.165) is 6.20 Å². The van der Waals surface area contributed by atoms with Crippen molar-refractivity contribution >= 4 is 27.5 Å². The molecule has 0 unspecified atom stereocenters. The molecular weight excluding hydrogens is 208 g/mol. The normalized spacial score (nSPS) is 9.67. The summed E-state index contributed by atoms with van der Waals surface area (Å²) in [5, 5.41) is 0.0804. The minimum atomic E-state index is -0.500. The molecule has 0 aliphatic rings. The smallest absolute Gasteiger partial charge is 0.160 e. The first kappa shape index (κ1) is 6.96. The highest BCUT2D eigenvalue weighted by Crippen LogP contribution is 2.16. The van der Waals surface area contributed by atoms with Crippen molar-refractivity contribution in [1.82, 2.24) is 4.98 Å². The molecule has 9 heavy (non-hydrogen) atoms. The van der Waals surface area contributed by atoms with Crippen LogP contribution >= 0.6 is 27.5 Å². The van der Waals surface area contributed by atoms with Crippen LogP contribution in [-0.2, 0) is 0 Å². The first-order chi connectivity index (χ1) is 4.20. The Bertz CT molecular complexity index is 228. The second kappa shape index (κ2) is 2.62. The topological polar surface area (TPSA) is 12.9 Å². The van der Waals surface area contributed by atoms with Crippen LogP contribution in [0, 0.1) is 5.82 Å². The van der Waals surface area contributed by atoms with Crippen molar-refractivity contribution in [3.8, 4) is 0 Å². The van der Waals surface area contributed by atoms with Gasteiger partial charge >= 0.3 is 0 Å². The predicted octanol–water partition coefficient (Wildman–Crippen LogP) is 2.64. The van der Waals surface area contributed by atoms with E-state index in [4.69, 9.17) is 11.6 Å². The molecule has 4 heteroatoms. The standard InChI is InChI=1S/C5H2BrClFN/c6-5-1-3(7)4(8)2-9-5/h1-2H. The van der Waals surface area contributed by atoms with Crippen LogP contribution < -0.4 is 0 Å². The van der Waals surface area contributed by atoms with Crippen LogP contribution in [0.1, 0.15) is 0 Å². The molecule has 0 saturated carbocycles. The summed E-state index contributed by atoms with van der Waals surface area (Å²) < 4.78 is 12.8. The number of hydrogen-bond donors (Lipinski definition) is 0.